The zero-order valence-corrected chi connectivity index (χ0v) is 11.9. The van der Waals surface area contributed by atoms with Crippen LogP contribution in [0.2, 0.25) is 0 Å². The van der Waals surface area contributed by atoms with E-state index >= 15 is 0 Å². The number of esters is 1. The van der Waals surface area contributed by atoms with Gasteiger partial charge in [-0.15, -0.1) is 0 Å². The summed E-state index contributed by atoms with van der Waals surface area (Å²) in [6.45, 7) is 4.52. The van der Waals surface area contributed by atoms with Gasteiger partial charge in [0, 0.05) is 18.8 Å². The summed E-state index contributed by atoms with van der Waals surface area (Å²) in [4.78, 5) is 13.8. The van der Waals surface area contributed by atoms with Crippen molar-refractivity contribution in [2.75, 3.05) is 25.1 Å². The number of hydrogen-bond acceptors (Lipinski definition) is 3. The van der Waals surface area contributed by atoms with Crippen LogP contribution < -0.4 is 4.90 Å². The predicted molar refractivity (Wildman–Crippen MR) is 77.6 cm³/mol. The summed E-state index contributed by atoms with van der Waals surface area (Å²) in [6.07, 6.45) is 5.22. The Labute approximate surface area is 115 Å². The molecule has 104 valence electrons. The molecule has 1 heterocycles. The van der Waals surface area contributed by atoms with Crippen molar-refractivity contribution in [2.45, 2.75) is 32.6 Å². The Kier molecular flexibility index (Phi) is 4.83. The number of carbonyl (C=O) groups excluding carboxylic acids is 1. The first-order chi connectivity index (χ1) is 9.24. The number of anilines is 1. The van der Waals surface area contributed by atoms with Crippen molar-refractivity contribution in [2.24, 2.45) is 5.92 Å². The number of piperidine rings is 1. The number of hydrogen-bond donors (Lipinski definition) is 0. The Bertz CT molecular complexity index is 405. The van der Waals surface area contributed by atoms with Crippen molar-refractivity contribution in [1.29, 1.82) is 0 Å². The van der Waals surface area contributed by atoms with E-state index in [1.807, 2.05) is 24.3 Å². The van der Waals surface area contributed by atoms with E-state index in [1.165, 1.54) is 38.5 Å². The molecule has 1 aromatic rings. The third-order valence-corrected chi connectivity index (χ3v) is 3.97. The van der Waals surface area contributed by atoms with Gasteiger partial charge in [0.15, 0.2) is 0 Å². The zero-order chi connectivity index (χ0) is 13.7. The Hall–Kier alpha value is -1.51. The molecule has 0 unspecified atom stereocenters. The molecule has 0 aliphatic carbocycles. The number of nitrogens with zero attached hydrogens (tertiary/aromatic N) is 1. The van der Waals surface area contributed by atoms with Gasteiger partial charge in [0.2, 0.25) is 0 Å². The van der Waals surface area contributed by atoms with Crippen LogP contribution in [-0.4, -0.2) is 26.2 Å². The zero-order valence-electron chi connectivity index (χ0n) is 11.9. The summed E-state index contributed by atoms with van der Waals surface area (Å²) >= 11 is 0. The molecule has 1 saturated heterocycles. The Morgan fingerprint density at radius 1 is 1.26 bits per heavy atom. The van der Waals surface area contributed by atoms with Crippen molar-refractivity contribution in [3.63, 3.8) is 0 Å². The number of carbonyl (C=O) groups is 1. The highest BCUT2D eigenvalue weighted by Crippen LogP contribution is 2.26. The normalized spacial score (nSPS) is 16.4. The van der Waals surface area contributed by atoms with Gasteiger partial charge in [-0.3, -0.25) is 0 Å². The molecule has 3 nitrogen and oxygen atoms in total. The molecule has 0 aromatic heterocycles. The van der Waals surface area contributed by atoms with Gasteiger partial charge < -0.3 is 9.64 Å². The lowest BCUT2D eigenvalue weighted by Crippen LogP contribution is -2.33. The molecule has 0 radical (unpaired) electrons. The van der Waals surface area contributed by atoms with Crippen LogP contribution >= 0.6 is 0 Å². The van der Waals surface area contributed by atoms with E-state index in [-0.39, 0.29) is 5.97 Å². The summed E-state index contributed by atoms with van der Waals surface area (Å²) in [5.74, 6) is 0.629. The molecule has 0 bridgehead atoms. The largest absolute Gasteiger partial charge is 0.465 e. The minimum Gasteiger partial charge on any atom is -0.465 e. The van der Waals surface area contributed by atoms with Crippen molar-refractivity contribution in [1.82, 2.24) is 0 Å². The van der Waals surface area contributed by atoms with Crippen LogP contribution in [0.15, 0.2) is 24.3 Å². The summed E-state index contributed by atoms with van der Waals surface area (Å²) in [5, 5.41) is 0. The lowest BCUT2D eigenvalue weighted by molar-refractivity contribution is 0.0601. The van der Waals surface area contributed by atoms with Gasteiger partial charge >= 0.3 is 5.97 Å². The lowest BCUT2D eigenvalue weighted by atomic mass is 9.92. The van der Waals surface area contributed by atoms with E-state index < -0.39 is 0 Å². The molecule has 0 spiro atoms. The van der Waals surface area contributed by atoms with E-state index in [0.29, 0.717) is 5.56 Å². The van der Waals surface area contributed by atoms with E-state index in [1.54, 1.807) is 0 Å². The second-order valence-corrected chi connectivity index (χ2v) is 5.26. The molecule has 1 aliphatic heterocycles. The highest BCUT2D eigenvalue weighted by molar-refractivity contribution is 5.89. The third kappa shape index (κ3) is 3.49. The molecule has 0 saturated carbocycles. The van der Waals surface area contributed by atoms with Gasteiger partial charge in [-0.2, -0.15) is 0 Å². The second-order valence-electron chi connectivity index (χ2n) is 5.26. The number of rotatable bonds is 4. The molecule has 0 N–H and O–H groups in total. The molecule has 19 heavy (non-hydrogen) atoms. The topological polar surface area (TPSA) is 29.5 Å². The minimum atomic E-state index is -0.270. The van der Waals surface area contributed by atoms with Crippen LogP contribution in [0.5, 0.6) is 0 Å². The number of benzene rings is 1. The fourth-order valence-corrected chi connectivity index (χ4v) is 2.81. The van der Waals surface area contributed by atoms with Crippen LogP contribution in [0.1, 0.15) is 43.0 Å². The minimum absolute atomic E-state index is 0.270. The van der Waals surface area contributed by atoms with Crippen LogP contribution in [0.25, 0.3) is 0 Å². The molecule has 1 aliphatic rings. The molecule has 1 aromatic carbocycles. The van der Waals surface area contributed by atoms with Crippen molar-refractivity contribution in [3.8, 4) is 0 Å². The maximum Gasteiger partial charge on any atom is 0.337 e. The maximum atomic E-state index is 11.4. The van der Waals surface area contributed by atoms with E-state index in [2.05, 4.69) is 11.8 Å². The predicted octanol–water partition coefficient (Wildman–Crippen LogP) is 3.49. The average molecular weight is 261 g/mol. The number of methoxy groups -OCH3 is 1. The molecular weight excluding hydrogens is 238 g/mol. The van der Waals surface area contributed by atoms with Gasteiger partial charge in [-0.25, -0.2) is 4.79 Å². The lowest BCUT2D eigenvalue weighted by Gasteiger charge is -2.33. The highest BCUT2D eigenvalue weighted by Gasteiger charge is 2.18. The van der Waals surface area contributed by atoms with Crippen LogP contribution in [0, 0.1) is 5.92 Å². The number of ether oxygens (including phenoxy) is 1. The van der Waals surface area contributed by atoms with Gasteiger partial charge in [0.1, 0.15) is 0 Å². The summed E-state index contributed by atoms with van der Waals surface area (Å²) in [7, 11) is 1.41. The summed E-state index contributed by atoms with van der Waals surface area (Å²) in [5.41, 5.74) is 1.83. The van der Waals surface area contributed by atoms with Gasteiger partial charge in [0.05, 0.1) is 12.7 Å². The molecule has 3 heteroatoms. The smallest absolute Gasteiger partial charge is 0.337 e. The Balaban J connectivity index is 1.94. The summed E-state index contributed by atoms with van der Waals surface area (Å²) in [6, 6.07) is 7.73. The standard InChI is InChI=1S/C16H23NO2/c1-3-4-13-9-11-17(12-10-13)15-7-5-14(6-8-15)16(18)19-2/h5-8,13H,3-4,9-12H2,1-2H3. The Morgan fingerprint density at radius 2 is 1.89 bits per heavy atom. The van der Waals surface area contributed by atoms with E-state index in [4.69, 9.17) is 4.74 Å². The second kappa shape index (κ2) is 6.60. The van der Waals surface area contributed by atoms with Crippen LogP contribution in [0.3, 0.4) is 0 Å². The molecule has 1 fully saturated rings. The Morgan fingerprint density at radius 3 is 2.42 bits per heavy atom. The first-order valence-corrected chi connectivity index (χ1v) is 7.18. The van der Waals surface area contributed by atoms with Crippen LogP contribution in [-0.2, 0) is 4.74 Å². The van der Waals surface area contributed by atoms with Gasteiger partial charge in [-0.05, 0) is 43.0 Å². The van der Waals surface area contributed by atoms with Crippen molar-refractivity contribution < 1.29 is 9.53 Å². The van der Waals surface area contributed by atoms with E-state index in [0.717, 1.165) is 19.0 Å². The first-order valence-electron chi connectivity index (χ1n) is 7.18. The van der Waals surface area contributed by atoms with Crippen LogP contribution in [0.4, 0.5) is 5.69 Å². The molecule has 0 amide bonds. The van der Waals surface area contributed by atoms with Gasteiger partial charge in [-0.1, -0.05) is 19.8 Å². The average Bonchev–Trinajstić information content (AvgIpc) is 2.48. The van der Waals surface area contributed by atoms with Gasteiger partial charge in [0.25, 0.3) is 0 Å². The highest BCUT2D eigenvalue weighted by atomic mass is 16.5. The first kappa shape index (κ1) is 13.9. The third-order valence-electron chi connectivity index (χ3n) is 3.97. The quantitative estimate of drug-likeness (QED) is 0.777. The maximum absolute atomic E-state index is 11.4. The SMILES string of the molecule is CCCC1CCN(c2ccc(C(=O)OC)cc2)CC1. The van der Waals surface area contributed by atoms with E-state index in [9.17, 15) is 4.79 Å². The van der Waals surface area contributed by atoms with Crippen molar-refractivity contribution in [3.05, 3.63) is 29.8 Å². The fraction of sp³-hybridized carbons (Fsp3) is 0.562. The fourth-order valence-electron chi connectivity index (χ4n) is 2.81. The molecule has 2 rings (SSSR count). The molecular formula is C16H23NO2. The molecule has 0 atom stereocenters. The monoisotopic (exact) mass is 261 g/mol. The van der Waals surface area contributed by atoms with Crippen molar-refractivity contribution >= 4 is 11.7 Å². The summed E-state index contributed by atoms with van der Waals surface area (Å²) < 4.78 is 4.71.